The van der Waals surface area contributed by atoms with Gasteiger partial charge in [0.1, 0.15) is 11.6 Å². The maximum atomic E-state index is 13.6. The molecule has 0 aliphatic rings. The van der Waals surface area contributed by atoms with Crippen molar-refractivity contribution in [2.24, 2.45) is 0 Å². The normalized spacial score (nSPS) is 10.5. The van der Waals surface area contributed by atoms with Gasteiger partial charge in [0.25, 0.3) is 0 Å². The lowest BCUT2D eigenvalue weighted by Crippen LogP contribution is -2.25. The highest BCUT2D eigenvalue weighted by molar-refractivity contribution is 8.01. The number of halogens is 2. The first kappa shape index (κ1) is 24.3. The summed E-state index contributed by atoms with van der Waals surface area (Å²) in [5, 5.41) is 9.58. The number of thiazole rings is 1. The Hall–Kier alpha value is -3.31. The van der Waals surface area contributed by atoms with Crippen molar-refractivity contribution in [1.82, 2.24) is 10.3 Å². The van der Waals surface area contributed by atoms with E-state index in [1.54, 1.807) is 29.6 Å². The fourth-order valence-corrected chi connectivity index (χ4v) is 4.36. The molecule has 3 amide bonds. The van der Waals surface area contributed by atoms with Gasteiger partial charge in [0.15, 0.2) is 4.34 Å². The number of benzene rings is 2. The average Bonchev–Trinajstić information content (AvgIpc) is 3.20. The molecule has 33 heavy (non-hydrogen) atoms. The smallest absolute Gasteiger partial charge is 0.234 e. The molecule has 3 N–H and O–H groups in total. The predicted molar refractivity (Wildman–Crippen MR) is 124 cm³/mol. The van der Waals surface area contributed by atoms with Crippen molar-refractivity contribution in [3.8, 4) is 0 Å². The van der Waals surface area contributed by atoms with Gasteiger partial charge in [-0.25, -0.2) is 13.8 Å². The molecule has 0 saturated heterocycles. The molecule has 2 aromatic carbocycles. The van der Waals surface area contributed by atoms with Gasteiger partial charge in [-0.3, -0.25) is 14.4 Å². The Balaban J connectivity index is 1.43. The van der Waals surface area contributed by atoms with E-state index in [1.165, 1.54) is 36.1 Å². The van der Waals surface area contributed by atoms with Crippen LogP contribution < -0.4 is 16.0 Å². The third-order valence-corrected chi connectivity index (χ3v) is 6.28. The Kier molecular flexibility index (Phi) is 8.50. The Labute approximate surface area is 197 Å². The van der Waals surface area contributed by atoms with Gasteiger partial charge in [0, 0.05) is 35.8 Å². The molecular formula is C22H20F2N4O3S2. The highest BCUT2D eigenvalue weighted by Crippen LogP contribution is 2.23. The van der Waals surface area contributed by atoms with Crippen LogP contribution in [0.15, 0.2) is 52.2 Å². The minimum absolute atomic E-state index is 0.0417. The Morgan fingerprint density at radius 3 is 2.24 bits per heavy atom. The molecule has 172 valence electrons. The monoisotopic (exact) mass is 490 g/mol. The van der Waals surface area contributed by atoms with Crippen LogP contribution in [0.4, 0.5) is 20.2 Å². The molecule has 1 aromatic heterocycles. The standard InChI is InChI=1S/C22H20F2N4O3S2/c1-13(29)26-14-5-7-15(8-6-14)27-21(31)12-33-22-28-16(11-32-22)9-20(30)25-10-17-18(23)3-2-4-19(17)24/h2-8,11H,9-10,12H2,1H3,(H,25,30)(H,26,29)(H,27,31). The van der Waals surface area contributed by atoms with E-state index in [2.05, 4.69) is 20.9 Å². The SMILES string of the molecule is CC(=O)Nc1ccc(NC(=O)CSc2nc(CC(=O)NCc3c(F)cccc3F)cs2)cc1. The third kappa shape index (κ3) is 7.65. The van der Waals surface area contributed by atoms with Crippen molar-refractivity contribution in [2.45, 2.75) is 24.2 Å². The number of amides is 3. The van der Waals surface area contributed by atoms with Crippen LogP contribution in [-0.4, -0.2) is 28.5 Å². The first-order valence-electron chi connectivity index (χ1n) is 9.74. The van der Waals surface area contributed by atoms with E-state index >= 15 is 0 Å². The van der Waals surface area contributed by atoms with Crippen molar-refractivity contribution in [3.05, 3.63) is 70.7 Å². The van der Waals surface area contributed by atoms with E-state index in [-0.39, 0.29) is 36.1 Å². The van der Waals surface area contributed by atoms with Gasteiger partial charge >= 0.3 is 0 Å². The van der Waals surface area contributed by atoms with E-state index in [0.29, 0.717) is 21.4 Å². The molecule has 0 spiro atoms. The number of hydrogen-bond donors (Lipinski definition) is 3. The number of thioether (sulfide) groups is 1. The van der Waals surface area contributed by atoms with Crippen molar-refractivity contribution in [2.75, 3.05) is 16.4 Å². The number of carbonyl (C=O) groups excluding carboxylic acids is 3. The summed E-state index contributed by atoms with van der Waals surface area (Å²) in [4.78, 5) is 39.6. The third-order valence-electron chi connectivity index (χ3n) is 4.21. The van der Waals surface area contributed by atoms with Gasteiger partial charge in [0.2, 0.25) is 17.7 Å². The highest BCUT2D eigenvalue weighted by Gasteiger charge is 2.13. The Morgan fingerprint density at radius 1 is 0.970 bits per heavy atom. The molecule has 7 nitrogen and oxygen atoms in total. The van der Waals surface area contributed by atoms with Crippen LogP contribution in [0.25, 0.3) is 0 Å². The quantitative estimate of drug-likeness (QED) is 0.394. The number of carbonyl (C=O) groups is 3. The molecule has 11 heteroatoms. The number of aromatic nitrogens is 1. The van der Waals surface area contributed by atoms with Crippen LogP contribution in [0.2, 0.25) is 0 Å². The largest absolute Gasteiger partial charge is 0.351 e. The highest BCUT2D eigenvalue weighted by atomic mass is 32.2. The second kappa shape index (κ2) is 11.5. The van der Waals surface area contributed by atoms with Gasteiger partial charge in [-0.05, 0) is 36.4 Å². The second-order valence-electron chi connectivity index (χ2n) is 6.85. The van der Waals surface area contributed by atoms with Crippen molar-refractivity contribution < 1.29 is 23.2 Å². The zero-order valence-corrected chi connectivity index (χ0v) is 19.1. The number of rotatable bonds is 9. The molecule has 1 heterocycles. The molecule has 0 unspecified atom stereocenters. The summed E-state index contributed by atoms with van der Waals surface area (Å²) in [6, 6.07) is 10.2. The van der Waals surface area contributed by atoms with Gasteiger partial charge in [-0.15, -0.1) is 11.3 Å². The first-order valence-corrected chi connectivity index (χ1v) is 11.6. The lowest BCUT2D eigenvalue weighted by molar-refractivity contribution is -0.120. The van der Waals surface area contributed by atoms with Gasteiger partial charge in [0.05, 0.1) is 17.9 Å². The summed E-state index contributed by atoms with van der Waals surface area (Å²) in [6.45, 7) is 1.16. The van der Waals surface area contributed by atoms with Crippen LogP contribution in [0.5, 0.6) is 0 Å². The van der Waals surface area contributed by atoms with Crippen LogP contribution in [0, 0.1) is 11.6 Å². The Morgan fingerprint density at radius 2 is 1.61 bits per heavy atom. The second-order valence-corrected chi connectivity index (χ2v) is 8.93. The zero-order valence-electron chi connectivity index (χ0n) is 17.5. The first-order chi connectivity index (χ1) is 15.8. The summed E-state index contributed by atoms with van der Waals surface area (Å²) in [6.07, 6.45) is -0.0417. The van der Waals surface area contributed by atoms with Crippen molar-refractivity contribution >= 4 is 52.2 Å². The minimum Gasteiger partial charge on any atom is -0.351 e. The van der Waals surface area contributed by atoms with Gasteiger partial charge < -0.3 is 16.0 Å². The summed E-state index contributed by atoms with van der Waals surface area (Å²) >= 11 is 2.53. The fraction of sp³-hybridized carbons (Fsp3) is 0.182. The van der Waals surface area contributed by atoms with E-state index in [0.717, 1.165) is 12.1 Å². The molecule has 0 saturated carbocycles. The molecule has 0 bridgehead atoms. The lowest BCUT2D eigenvalue weighted by atomic mass is 10.2. The number of hydrogen-bond acceptors (Lipinski definition) is 6. The average molecular weight is 491 g/mol. The molecule has 0 radical (unpaired) electrons. The van der Waals surface area contributed by atoms with E-state index in [9.17, 15) is 23.2 Å². The van der Waals surface area contributed by atoms with Crippen molar-refractivity contribution in [1.29, 1.82) is 0 Å². The van der Waals surface area contributed by atoms with Crippen molar-refractivity contribution in [3.63, 3.8) is 0 Å². The molecule has 0 aliphatic heterocycles. The topological polar surface area (TPSA) is 100 Å². The summed E-state index contributed by atoms with van der Waals surface area (Å²) in [5.41, 5.74) is 1.53. The zero-order chi connectivity index (χ0) is 23.8. The Bertz CT molecular complexity index is 1130. The molecule has 0 atom stereocenters. The van der Waals surface area contributed by atoms with Crippen LogP contribution in [0.1, 0.15) is 18.2 Å². The fourth-order valence-electron chi connectivity index (χ4n) is 2.72. The molecule has 0 fully saturated rings. The van der Waals surface area contributed by atoms with Crippen LogP contribution >= 0.6 is 23.1 Å². The van der Waals surface area contributed by atoms with Gasteiger partial charge in [-0.2, -0.15) is 0 Å². The maximum Gasteiger partial charge on any atom is 0.234 e. The summed E-state index contributed by atoms with van der Waals surface area (Å²) < 4.78 is 27.9. The number of anilines is 2. The van der Waals surface area contributed by atoms with Gasteiger partial charge in [-0.1, -0.05) is 17.8 Å². The summed E-state index contributed by atoms with van der Waals surface area (Å²) in [5.74, 6) is -2.13. The lowest BCUT2D eigenvalue weighted by Gasteiger charge is -2.07. The van der Waals surface area contributed by atoms with Crippen LogP contribution in [-0.2, 0) is 27.3 Å². The van der Waals surface area contributed by atoms with E-state index in [4.69, 9.17) is 0 Å². The molecule has 3 aromatic rings. The number of nitrogens with one attached hydrogen (secondary N) is 3. The number of nitrogens with zero attached hydrogens (tertiary/aromatic N) is 1. The minimum atomic E-state index is -0.718. The molecular weight excluding hydrogens is 470 g/mol. The van der Waals surface area contributed by atoms with Crippen LogP contribution in [0.3, 0.4) is 0 Å². The molecule has 3 rings (SSSR count). The summed E-state index contributed by atoms with van der Waals surface area (Å²) in [7, 11) is 0. The maximum absolute atomic E-state index is 13.6. The predicted octanol–water partition coefficient (Wildman–Crippen LogP) is 3.97. The van der Waals surface area contributed by atoms with E-state index in [1.807, 2.05) is 0 Å². The van der Waals surface area contributed by atoms with E-state index < -0.39 is 17.5 Å². The molecule has 0 aliphatic carbocycles.